The maximum atomic E-state index is 13.9. The van der Waals surface area contributed by atoms with Crippen molar-refractivity contribution in [1.82, 2.24) is 15.2 Å². The average molecular weight is 596 g/mol. The predicted octanol–water partition coefficient (Wildman–Crippen LogP) is 6.54. The Morgan fingerprint density at radius 2 is 1.73 bits per heavy atom. The Kier molecular flexibility index (Phi) is 10.6. The van der Waals surface area contributed by atoms with E-state index in [0.717, 1.165) is 27.6 Å². The molecule has 3 aromatic carbocycles. The number of carboxylic acid groups (broad SMARTS) is 1. The fraction of sp³-hybridized carbons (Fsp3) is 0.258. The van der Waals surface area contributed by atoms with Gasteiger partial charge in [-0.3, -0.25) is 14.7 Å². The summed E-state index contributed by atoms with van der Waals surface area (Å²) >= 11 is 3.02. The van der Waals surface area contributed by atoms with Gasteiger partial charge < -0.3 is 10.4 Å². The van der Waals surface area contributed by atoms with Crippen LogP contribution in [0.25, 0.3) is 11.1 Å². The third-order valence-corrected chi connectivity index (χ3v) is 7.98. The summed E-state index contributed by atoms with van der Waals surface area (Å²) in [5.74, 6) is -2.20. The number of carbonyl (C=O) groups excluding carboxylic acids is 1. The average Bonchev–Trinajstić information content (AvgIpc) is 3.43. The Bertz CT molecular complexity index is 1480. The maximum absolute atomic E-state index is 13.9. The zero-order chi connectivity index (χ0) is 29.4. The minimum absolute atomic E-state index is 0.296. The third-order valence-electron chi connectivity index (χ3n) is 6.58. The minimum Gasteiger partial charge on any atom is -0.480 e. The van der Waals surface area contributed by atoms with E-state index in [2.05, 4.69) is 15.2 Å². The van der Waals surface area contributed by atoms with Crippen molar-refractivity contribution in [3.05, 3.63) is 111 Å². The smallest absolute Gasteiger partial charge is 0.326 e. The van der Waals surface area contributed by atoms with Crippen molar-refractivity contribution in [3.8, 4) is 11.1 Å². The van der Waals surface area contributed by atoms with Crippen LogP contribution in [0.2, 0.25) is 0 Å². The molecule has 4 rings (SSSR count). The van der Waals surface area contributed by atoms with E-state index in [0.29, 0.717) is 48.5 Å². The SMILES string of the molecule is CSCC[C@H](NC(=O)c1ccc(CN(Cc2cc(F)cc(F)c2)Cc2cncs2)cc1-c1ccccc1C)C(=O)O. The molecule has 0 unspecified atom stereocenters. The van der Waals surface area contributed by atoms with Gasteiger partial charge in [0.25, 0.3) is 5.91 Å². The molecule has 0 radical (unpaired) electrons. The highest BCUT2D eigenvalue weighted by Crippen LogP contribution is 2.29. The Labute approximate surface area is 246 Å². The van der Waals surface area contributed by atoms with Gasteiger partial charge in [-0.2, -0.15) is 11.8 Å². The van der Waals surface area contributed by atoms with E-state index in [9.17, 15) is 23.5 Å². The van der Waals surface area contributed by atoms with Crippen LogP contribution in [0.3, 0.4) is 0 Å². The quantitative estimate of drug-likeness (QED) is 0.183. The molecule has 2 N–H and O–H groups in total. The number of hydrogen-bond acceptors (Lipinski definition) is 6. The standard InChI is InChI=1S/C31H31F2N3O3S2/c1-20-5-3-4-6-26(20)28-13-21(7-8-27(28)30(37)35-29(31(38)39)9-10-40-2)16-36(18-25-15-34-19-41-25)17-22-11-23(32)14-24(33)12-22/h3-8,11-15,19,29H,9-10,16-18H2,1-2H3,(H,35,37)(H,38,39)/t29-/m0/s1. The van der Waals surface area contributed by atoms with Crippen molar-refractivity contribution >= 4 is 35.0 Å². The number of carbonyl (C=O) groups is 2. The molecule has 0 aliphatic rings. The number of carboxylic acids is 1. The Morgan fingerprint density at radius 3 is 2.39 bits per heavy atom. The molecule has 0 saturated carbocycles. The number of aliphatic carboxylic acids is 1. The van der Waals surface area contributed by atoms with Crippen molar-refractivity contribution < 1.29 is 23.5 Å². The molecule has 214 valence electrons. The van der Waals surface area contributed by atoms with Gasteiger partial charge in [-0.05, 0) is 77.4 Å². The highest BCUT2D eigenvalue weighted by Gasteiger charge is 2.23. The van der Waals surface area contributed by atoms with Gasteiger partial charge in [-0.1, -0.05) is 30.3 Å². The zero-order valence-electron chi connectivity index (χ0n) is 22.8. The summed E-state index contributed by atoms with van der Waals surface area (Å²) < 4.78 is 27.9. The van der Waals surface area contributed by atoms with E-state index in [1.807, 2.05) is 49.6 Å². The lowest BCUT2D eigenvalue weighted by molar-refractivity contribution is -0.139. The van der Waals surface area contributed by atoms with Crippen LogP contribution in [0.5, 0.6) is 0 Å². The summed E-state index contributed by atoms with van der Waals surface area (Å²) in [6.07, 6.45) is 3.97. The summed E-state index contributed by atoms with van der Waals surface area (Å²) in [5.41, 5.74) is 6.01. The molecule has 10 heteroatoms. The molecular weight excluding hydrogens is 564 g/mol. The van der Waals surface area contributed by atoms with Crippen LogP contribution in [0.1, 0.15) is 38.3 Å². The predicted molar refractivity (Wildman–Crippen MR) is 160 cm³/mol. The number of thioether (sulfide) groups is 1. The van der Waals surface area contributed by atoms with Crippen LogP contribution in [-0.4, -0.2) is 44.9 Å². The minimum atomic E-state index is -1.08. The van der Waals surface area contributed by atoms with Crippen LogP contribution in [0.15, 0.2) is 72.4 Å². The number of aromatic nitrogens is 1. The number of benzene rings is 3. The van der Waals surface area contributed by atoms with Crippen LogP contribution in [0, 0.1) is 18.6 Å². The molecule has 0 fully saturated rings. The first-order valence-corrected chi connectivity index (χ1v) is 15.3. The van der Waals surface area contributed by atoms with Crippen LogP contribution < -0.4 is 5.32 Å². The molecule has 1 heterocycles. The summed E-state index contributed by atoms with van der Waals surface area (Å²) in [4.78, 5) is 32.4. The van der Waals surface area contributed by atoms with Gasteiger partial charge in [0.1, 0.15) is 17.7 Å². The topological polar surface area (TPSA) is 82.5 Å². The van der Waals surface area contributed by atoms with Crippen molar-refractivity contribution in [2.75, 3.05) is 12.0 Å². The Hall–Kier alpha value is -3.60. The largest absolute Gasteiger partial charge is 0.480 e. The highest BCUT2D eigenvalue weighted by molar-refractivity contribution is 7.98. The lowest BCUT2D eigenvalue weighted by atomic mass is 9.93. The number of hydrogen-bond donors (Lipinski definition) is 2. The van der Waals surface area contributed by atoms with Gasteiger partial charge in [-0.15, -0.1) is 11.3 Å². The van der Waals surface area contributed by atoms with E-state index >= 15 is 0 Å². The fourth-order valence-corrected chi connectivity index (χ4v) is 5.75. The second kappa shape index (κ2) is 14.3. The third kappa shape index (κ3) is 8.45. The molecule has 4 aromatic rings. The van der Waals surface area contributed by atoms with Gasteiger partial charge in [0, 0.05) is 42.3 Å². The first-order chi connectivity index (χ1) is 19.7. The van der Waals surface area contributed by atoms with Crippen LogP contribution >= 0.6 is 23.1 Å². The Morgan fingerprint density at radius 1 is 1.00 bits per heavy atom. The van der Waals surface area contributed by atoms with Gasteiger partial charge in [-0.25, -0.2) is 13.6 Å². The number of thiazole rings is 1. The number of rotatable bonds is 13. The lowest BCUT2D eigenvalue weighted by Crippen LogP contribution is -2.41. The molecule has 0 saturated heterocycles. The van der Waals surface area contributed by atoms with E-state index in [1.165, 1.54) is 35.2 Å². The van der Waals surface area contributed by atoms with Gasteiger partial charge in [0.2, 0.25) is 0 Å². The molecule has 1 atom stereocenters. The molecule has 1 aromatic heterocycles. The second-order valence-electron chi connectivity index (χ2n) is 9.73. The maximum Gasteiger partial charge on any atom is 0.326 e. The summed E-state index contributed by atoms with van der Waals surface area (Å²) in [5, 5.41) is 12.3. The second-order valence-corrected chi connectivity index (χ2v) is 11.7. The van der Waals surface area contributed by atoms with E-state index in [4.69, 9.17) is 0 Å². The number of amides is 1. The van der Waals surface area contributed by atoms with Crippen LogP contribution in [0.4, 0.5) is 8.78 Å². The molecule has 1 amide bonds. The van der Waals surface area contributed by atoms with Crippen molar-refractivity contribution in [3.63, 3.8) is 0 Å². The molecule has 0 bridgehead atoms. The zero-order valence-corrected chi connectivity index (χ0v) is 24.4. The fourth-order valence-electron chi connectivity index (χ4n) is 4.64. The summed E-state index contributed by atoms with van der Waals surface area (Å²) in [7, 11) is 0. The number of halogens is 2. The summed E-state index contributed by atoms with van der Waals surface area (Å²) in [6.45, 7) is 3.20. The van der Waals surface area contributed by atoms with E-state index in [-0.39, 0.29) is 0 Å². The van der Waals surface area contributed by atoms with E-state index in [1.54, 1.807) is 17.8 Å². The summed E-state index contributed by atoms with van der Waals surface area (Å²) in [6, 6.07) is 15.7. The Balaban J connectivity index is 1.68. The van der Waals surface area contributed by atoms with Crippen molar-refractivity contribution in [2.45, 2.75) is 39.0 Å². The van der Waals surface area contributed by atoms with Gasteiger partial charge >= 0.3 is 5.97 Å². The van der Waals surface area contributed by atoms with Crippen LogP contribution in [-0.2, 0) is 24.4 Å². The monoisotopic (exact) mass is 595 g/mol. The molecule has 0 aliphatic heterocycles. The number of aryl methyl sites for hydroxylation is 1. The molecule has 6 nitrogen and oxygen atoms in total. The molecule has 0 aliphatic carbocycles. The first kappa shape index (κ1) is 30.4. The van der Waals surface area contributed by atoms with Gasteiger partial charge in [0.05, 0.1) is 5.51 Å². The highest BCUT2D eigenvalue weighted by atomic mass is 32.2. The number of nitrogens with one attached hydrogen (secondary N) is 1. The molecular formula is C31H31F2N3O3S2. The number of nitrogens with zero attached hydrogens (tertiary/aromatic N) is 2. The first-order valence-electron chi connectivity index (χ1n) is 13.0. The molecule has 41 heavy (non-hydrogen) atoms. The van der Waals surface area contributed by atoms with Gasteiger partial charge in [0.15, 0.2) is 0 Å². The van der Waals surface area contributed by atoms with Crippen molar-refractivity contribution in [2.24, 2.45) is 0 Å². The normalized spacial score (nSPS) is 11.9. The lowest BCUT2D eigenvalue weighted by Gasteiger charge is -2.23. The van der Waals surface area contributed by atoms with Crippen molar-refractivity contribution in [1.29, 1.82) is 0 Å². The van der Waals surface area contributed by atoms with E-state index < -0.39 is 29.6 Å². The molecule has 0 spiro atoms.